The number of benzene rings is 1. The van der Waals surface area contributed by atoms with Crippen molar-refractivity contribution >= 4 is 11.8 Å². The lowest BCUT2D eigenvalue weighted by atomic mass is 9.91. The van der Waals surface area contributed by atoms with Gasteiger partial charge in [-0.05, 0) is 31.2 Å². The van der Waals surface area contributed by atoms with E-state index >= 15 is 0 Å². The van der Waals surface area contributed by atoms with Gasteiger partial charge in [0.1, 0.15) is 0 Å². The summed E-state index contributed by atoms with van der Waals surface area (Å²) in [7, 11) is 0. The van der Waals surface area contributed by atoms with Gasteiger partial charge in [0.05, 0.1) is 0 Å². The highest BCUT2D eigenvalue weighted by Crippen LogP contribution is 2.20. The molecule has 5 nitrogen and oxygen atoms in total. The standard InChI is InChI=1S/C18H21N3O2/c1-12-5-7-13(8-6-12)16(22)20-21-17(23)14-9-10-19-15(11-14)18(2,3)4/h5-11H,1-4H3,(H,20,22)(H,21,23). The van der Waals surface area contributed by atoms with Crippen LogP contribution in [0.1, 0.15) is 52.7 Å². The minimum Gasteiger partial charge on any atom is -0.267 e. The Morgan fingerprint density at radius 2 is 1.48 bits per heavy atom. The Morgan fingerprint density at radius 1 is 0.913 bits per heavy atom. The topological polar surface area (TPSA) is 71.1 Å². The summed E-state index contributed by atoms with van der Waals surface area (Å²) in [6.07, 6.45) is 1.59. The van der Waals surface area contributed by atoms with Gasteiger partial charge in [-0.2, -0.15) is 0 Å². The highest BCUT2D eigenvalue weighted by Gasteiger charge is 2.17. The smallest absolute Gasteiger partial charge is 0.267 e. The minimum absolute atomic E-state index is 0.151. The van der Waals surface area contributed by atoms with Gasteiger partial charge in [0, 0.05) is 28.4 Å². The number of hydrazine groups is 1. The van der Waals surface area contributed by atoms with E-state index in [1.54, 1.807) is 30.5 Å². The lowest BCUT2D eigenvalue weighted by molar-refractivity contribution is 0.0846. The van der Waals surface area contributed by atoms with Crippen LogP contribution in [0.3, 0.4) is 0 Å². The molecule has 0 aliphatic rings. The normalized spacial score (nSPS) is 11.0. The van der Waals surface area contributed by atoms with E-state index in [1.807, 2.05) is 39.8 Å². The maximum atomic E-state index is 12.2. The Morgan fingerprint density at radius 3 is 2.04 bits per heavy atom. The number of nitrogens with zero attached hydrogens (tertiary/aromatic N) is 1. The van der Waals surface area contributed by atoms with Gasteiger partial charge < -0.3 is 0 Å². The quantitative estimate of drug-likeness (QED) is 0.838. The number of nitrogens with one attached hydrogen (secondary N) is 2. The van der Waals surface area contributed by atoms with Crippen LogP contribution < -0.4 is 10.9 Å². The van der Waals surface area contributed by atoms with Crippen LogP contribution in [0.4, 0.5) is 0 Å². The van der Waals surface area contributed by atoms with Gasteiger partial charge in [0.2, 0.25) is 0 Å². The number of amides is 2. The molecule has 0 fully saturated rings. The summed E-state index contributed by atoms with van der Waals surface area (Å²) < 4.78 is 0. The van der Waals surface area contributed by atoms with Crippen molar-refractivity contribution in [3.05, 3.63) is 65.0 Å². The second-order valence-corrected chi connectivity index (χ2v) is 6.45. The molecule has 0 saturated carbocycles. The lowest BCUT2D eigenvalue weighted by Gasteiger charge is -2.18. The van der Waals surface area contributed by atoms with E-state index in [9.17, 15) is 9.59 Å². The third kappa shape index (κ3) is 4.39. The summed E-state index contributed by atoms with van der Waals surface area (Å²) in [5.74, 6) is -0.734. The molecule has 1 aromatic carbocycles. The van der Waals surface area contributed by atoms with Crippen LogP contribution in [0.2, 0.25) is 0 Å². The Kier molecular flexibility index (Phi) is 4.79. The summed E-state index contributed by atoms with van der Waals surface area (Å²) in [5, 5.41) is 0. The molecular weight excluding hydrogens is 290 g/mol. The number of pyridine rings is 1. The third-order valence-electron chi connectivity index (χ3n) is 3.39. The molecule has 0 bridgehead atoms. The molecule has 2 rings (SSSR count). The van der Waals surface area contributed by atoms with Gasteiger partial charge in [-0.25, -0.2) is 0 Å². The van der Waals surface area contributed by atoms with E-state index in [0.717, 1.165) is 11.3 Å². The number of carbonyl (C=O) groups excluding carboxylic acids is 2. The molecule has 1 aromatic heterocycles. The number of carbonyl (C=O) groups is 2. The van der Waals surface area contributed by atoms with Crippen molar-refractivity contribution in [1.82, 2.24) is 15.8 Å². The first-order chi connectivity index (χ1) is 10.8. The Bertz CT molecular complexity index is 716. The summed E-state index contributed by atoms with van der Waals surface area (Å²) >= 11 is 0. The Hall–Kier alpha value is -2.69. The molecule has 0 saturated heterocycles. The van der Waals surface area contributed by atoms with Gasteiger partial charge in [0.25, 0.3) is 11.8 Å². The van der Waals surface area contributed by atoms with Crippen LogP contribution in [0.5, 0.6) is 0 Å². The zero-order valence-corrected chi connectivity index (χ0v) is 13.8. The second-order valence-electron chi connectivity index (χ2n) is 6.45. The number of aromatic nitrogens is 1. The van der Waals surface area contributed by atoms with Gasteiger partial charge in [0.15, 0.2) is 0 Å². The zero-order valence-electron chi connectivity index (χ0n) is 13.8. The van der Waals surface area contributed by atoms with Gasteiger partial charge >= 0.3 is 0 Å². The van der Waals surface area contributed by atoms with E-state index in [2.05, 4.69) is 15.8 Å². The fraction of sp³-hybridized carbons (Fsp3) is 0.278. The van der Waals surface area contributed by atoms with Gasteiger partial charge in [-0.15, -0.1) is 0 Å². The summed E-state index contributed by atoms with van der Waals surface area (Å²) in [4.78, 5) is 28.4. The van der Waals surface area contributed by atoms with Crippen molar-refractivity contribution in [1.29, 1.82) is 0 Å². The molecule has 0 unspecified atom stereocenters. The monoisotopic (exact) mass is 311 g/mol. The van der Waals surface area contributed by atoms with Crippen LogP contribution >= 0.6 is 0 Å². The number of aryl methyl sites for hydroxylation is 1. The molecule has 23 heavy (non-hydrogen) atoms. The fourth-order valence-electron chi connectivity index (χ4n) is 1.94. The molecule has 1 heterocycles. The van der Waals surface area contributed by atoms with Gasteiger partial charge in [-0.3, -0.25) is 25.4 Å². The lowest BCUT2D eigenvalue weighted by Crippen LogP contribution is -2.41. The van der Waals surface area contributed by atoms with E-state index in [1.165, 1.54) is 0 Å². The molecule has 120 valence electrons. The number of rotatable bonds is 2. The van der Waals surface area contributed by atoms with E-state index in [-0.39, 0.29) is 17.2 Å². The molecule has 0 aliphatic carbocycles. The summed E-state index contributed by atoms with van der Waals surface area (Å²) in [6, 6.07) is 10.4. The van der Waals surface area contributed by atoms with E-state index < -0.39 is 0 Å². The average Bonchev–Trinajstić information content (AvgIpc) is 2.52. The van der Waals surface area contributed by atoms with Crippen LogP contribution in [-0.2, 0) is 5.41 Å². The van der Waals surface area contributed by atoms with Crippen molar-refractivity contribution in [2.24, 2.45) is 0 Å². The zero-order chi connectivity index (χ0) is 17.0. The molecule has 0 aliphatic heterocycles. The maximum Gasteiger partial charge on any atom is 0.269 e. The molecule has 2 amide bonds. The number of hydrogen-bond donors (Lipinski definition) is 2. The van der Waals surface area contributed by atoms with Crippen LogP contribution in [-0.4, -0.2) is 16.8 Å². The fourth-order valence-corrected chi connectivity index (χ4v) is 1.94. The summed E-state index contributed by atoms with van der Waals surface area (Å²) in [5.41, 5.74) is 7.51. The highest BCUT2D eigenvalue weighted by molar-refractivity contribution is 5.99. The van der Waals surface area contributed by atoms with Gasteiger partial charge in [-0.1, -0.05) is 38.5 Å². The molecular formula is C18H21N3O2. The predicted molar refractivity (Wildman–Crippen MR) is 89.0 cm³/mol. The maximum absolute atomic E-state index is 12.2. The minimum atomic E-state index is -0.377. The van der Waals surface area contributed by atoms with Crippen molar-refractivity contribution < 1.29 is 9.59 Å². The molecule has 0 spiro atoms. The highest BCUT2D eigenvalue weighted by atomic mass is 16.2. The molecule has 2 aromatic rings. The van der Waals surface area contributed by atoms with Crippen molar-refractivity contribution in [3.8, 4) is 0 Å². The predicted octanol–water partition coefficient (Wildman–Crippen LogP) is 2.76. The van der Waals surface area contributed by atoms with E-state index in [4.69, 9.17) is 0 Å². The Labute approximate surface area is 136 Å². The first-order valence-corrected chi connectivity index (χ1v) is 7.41. The van der Waals surface area contributed by atoms with Crippen molar-refractivity contribution in [3.63, 3.8) is 0 Å². The van der Waals surface area contributed by atoms with Crippen molar-refractivity contribution in [2.45, 2.75) is 33.1 Å². The largest absolute Gasteiger partial charge is 0.269 e. The first kappa shape index (κ1) is 16.7. The van der Waals surface area contributed by atoms with Crippen LogP contribution in [0.15, 0.2) is 42.6 Å². The van der Waals surface area contributed by atoms with Crippen LogP contribution in [0.25, 0.3) is 0 Å². The van der Waals surface area contributed by atoms with Crippen LogP contribution in [0, 0.1) is 6.92 Å². The average molecular weight is 311 g/mol. The summed E-state index contributed by atoms with van der Waals surface area (Å²) in [6.45, 7) is 8.02. The SMILES string of the molecule is Cc1ccc(C(=O)NNC(=O)c2ccnc(C(C)(C)C)c2)cc1. The molecule has 0 atom stereocenters. The second kappa shape index (κ2) is 6.60. The molecule has 5 heteroatoms. The Balaban J connectivity index is 2.02. The third-order valence-corrected chi connectivity index (χ3v) is 3.39. The first-order valence-electron chi connectivity index (χ1n) is 7.41. The van der Waals surface area contributed by atoms with Crippen molar-refractivity contribution in [2.75, 3.05) is 0 Å². The van der Waals surface area contributed by atoms with E-state index in [0.29, 0.717) is 11.1 Å². The molecule has 2 N–H and O–H groups in total. The molecule has 0 radical (unpaired) electrons. The number of hydrogen-bond acceptors (Lipinski definition) is 3.